The number of pyridine rings is 1. The highest BCUT2D eigenvalue weighted by Crippen LogP contribution is 2.45. The molecule has 0 aliphatic heterocycles. The smallest absolute Gasteiger partial charge is 0.252 e. The second kappa shape index (κ2) is 13.7. The number of hydrogen-bond acceptors (Lipinski definition) is 5. The third kappa shape index (κ3) is 6.98. The molecule has 1 aromatic heterocycles. The maximum Gasteiger partial charge on any atom is 0.252 e. The number of benzene rings is 2. The van der Waals surface area contributed by atoms with Gasteiger partial charge in [-0.1, -0.05) is 43.7 Å². The van der Waals surface area contributed by atoms with Crippen molar-refractivity contribution in [3.8, 4) is 5.75 Å². The van der Waals surface area contributed by atoms with Crippen molar-refractivity contribution in [1.82, 2.24) is 10.3 Å². The number of aromatic nitrogens is 1. The van der Waals surface area contributed by atoms with E-state index >= 15 is 0 Å². The van der Waals surface area contributed by atoms with Crippen LogP contribution in [0.25, 0.3) is 0 Å². The molecule has 3 aromatic rings. The van der Waals surface area contributed by atoms with Gasteiger partial charge in [0.05, 0.1) is 7.11 Å². The summed E-state index contributed by atoms with van der Waals surface area (Å²) in [4.78, 5) is 43.2. The summed E-state index contributed by atoms with van der Waals surface area (Å²) in [5, 5.41) is 2.68. The van der Waals surface area contributed by atoms with Crippen molar-refractivity contribution in [3.05, 3.63) is 83.8 Å². The van der Waals surface area contributed by atoms with Crippen molar-refractivity contribution < 1.29 is 32.3 Å². The number of aryl methyl sites for hydroxylation is 1. The fraction of sp³-hybridized carbons (Fsp3) is 0.375. The van der Waals surface area contributed by atoms with Gasteiger partial charge >= 0.3 is 0 Å². The molecule has 11 heteroatoms. The maximum atomic E-state index is 13.8. The number of anilines is 2. The third-order valence-corrected chi connectivity index (χ3v) is 7.75. The molecule has 1 fully saturated rings. The van der Waals surface area contributed by atoms with Crippen molar-refractivity contribution in [1.29, 1.82) is 0 Å². The molecule has 0 radical (unpaired) electrons. The van der Waals surface area contributed by atoms with Gasteiger partial charge in [-0.05, 0) is 54.7 Å². The first-order valence-electron chi connectivity index (χ1n) is 14.2. The van der Waals surface area contributed by atoms with Crippen molar-refractivity contribution in [2.24, 2.45) is 0 Å². The van der Waals surface area contributed by atoms with Gasteiger partial charge in [0.25, 0.3) is 11.8 Å². The van der Waals surface area contributed by atoms with Gasteiger partial charge in [0.1, 0.15) is 17.4 Å². The van der Waals surface area contributed by atoms with E-state index in [4.69, 9.17) is 4.74 Å². The molecular formula is C32H35F3N4O4. The minimum absolute atomic E-state index is 0.237. The zero-order valence-corrected chi connectivity index (χ0v) is 24.1. The first kappa shape index (κ1) is 31.5. The fourth-order valence-corrected chi connectivity index (χ4v) is 5.49. The molecule has 2 aromatic carbocycles. The number of hydrogen-bond donors (Lipinski definition) is 1. The van der Waals surface area contributed by atoms with E-state index in [1.54, 1.807) is 48.5 Å². The van der Waals surface area contributed by atoms with Gasteiger partial charge in [-0.15, -0.1) is 0 Å². The summed E-state index contributed by atoms with van der Waals surface area (Å²) in [6, 6.07) is 15.5. The number of methoxy groups -OCH3 is 1. The predicted octanol–water partition coefficient (Wildman–Crippen LogP) is 5.40. The summed E-state index contributed by atoms with van der Waals surface area (Å²) >= 11 is 0. The number of carbonyl (C=O) groups is 3. The Morgan fingerprint density at radius 3 is 2.51 bits per heavy atom. The Morgan fingerprint density at radius 2 is 1.86 bits per heavy atom. The van der Waals surface area contributed by atoms with Crippen LogP contribution in [0.5, 0.6) is 5.75 Å². The standard InChI is InChI=1S/C21H19F3N2O2.C11H16N2O2/c22-15-5-3-6-17(10-15)26(13-27)21(9-8-14-4-1-2-7-18(14)21)19(28)25-16-11-20(23,24)12-16;1-3-4-7-13(9-14)11-8-10(15-2)5-6-12-11/h1-7,10,13,16H,8-9,11-12H2,(H,25,28);5-6,8-9H,3-4,7H2,1-2H3. The average molecular weight is 597 g/mol. The van der Waals surface area contributed by atoms with E-state index in [0.29, 0.717) is 36.5 Å². The van der Waals surface area contributed by atoms with E-state index in [0.717, 1.165) is 24.8 Å². The van der Waals surface area contributed by atoms with Gasteiger partial charge in [-0.3, -0.25) is 24.2 Å². The van der Waals surface area contributed by atoms with E-state index in [9.17, 15) is 27.6 Å². The van der Waals surface area contributed by atoms with Crippen LogP contribution in [-0.4, -0.2) is 49.3 Å². The highest BCUT2D eigenvalue weighted by atomic mass is 19.3. The van der Waals surface area contributed by atoms with Gasteiger partial charge in [0, 0.05) is 43.4 Å². The first-order valence-corrected chi connectivity index (χ1v) is 14.2. The minimum atomic E-state index is -2.77. The Bertz CT molecular complexity index is 1430. The summed E-state index contributed by atoms with van der Waals surface area (Å²) in [6.45, 7) is 2.78. The Labute approximate surface area is 248 Å². The number of rotatable bonds is 11. The first-order chi connectivity index (χ1) is 20.7. The topological polar surface area (TPSA) is 91.8 Å². The Balaban J connectivity index is 0.000000239. The van der Waals surface area contributed by atoms with E-state index in [-0.39, 0.29) is 12.1 Å². The van der Waals surface area contributed by atoms with Crippen molar-refractivity contribution in [3.63, 3.8) is 0 Å². The van der Waals surface area contributed by atoms with Crippen molar-refractivity contribution >= 4 is 30.2 Å². The number of alkyl halides is 2. The number of unbranched alkanes of at least 4 members (excludes halogenated alkanes) is 1. The third-order valence-electron chi connectivity index (χ3n) is 7.75. The molecule has 8 nitrogen and oxygen atoms in total. The van der Waals surface area contributed by atoms with Crippen LogP contribution in [0.3, 0.4) is 0 Å². The van der Waals surface area contributed by atoms with Crippen LogP contribution in [0.2, 0.25) is 0 Å². The molecule has 5 rings (SSSR count). The maximum absolute atomic E-state index is 13.8. The lowest BCUT2D eigenvalue weighted by atomic mass is 9.84. The van der Waals surface area contributed by atoms with Crippen LogP contribution in [0.4, 0.5) is 24.7 Å². The van der Waals surface area contributed by atoms with E-state index < -0.39 is 42.1 Å². The molecule has 0 saturated heterocycles. The number of fused-ring (bicyclic) bond motifs is 1. The predicted molar refractivity (Wildman–Crippen MR) is 157 cm³/mol. The monoisotopic (exact) mass is 596 g/mol. The Morgan fingerprint density at radius 1 is 1.09 bits per heavy atom. The molecule has 2 aliphatic carbocycles. The van der Waals surface area contributed by atoms with Gasteiger partial charge in [0.2, 0.25) is 12.8 Å². The van der Waals surface area contributed by atoms with E-state index in [2.05, 4.69) is 17.2 Å². The Kier molecular flexibility index (Phi) is 10.1. The lowest BCUT2D eigenvalue weighted by Gasteiger charge is -2.42. The van der Waals surface area contributed by atoms with Crippen LogP contribution in [-0.2, 0) is 26.3 Å². The van der Waals surface area contributed by atoms with Crippen LogP contribution in [0, 0.1) is 5.82 Å². The van der Waals surface area contributed by atoms with E-state index in [1.807, 2.05) is 12.1 Å². The molecule has 1 atom stereocenters. The SMILES string of the molecule is CCCCN(C=O)c1cc(OC)ccn1.O=CN(c1cccc(F)c1)C1(C(=O)NC2CC(F)(F)C2)CCc2ccccc21. The highest BCUT2D eigenvalue weighted by Gasteiger charge is 2.53. The van der Waals surface area contributed by atoms with E-state index in [1.165, 1.54) is 23.1 Å². The molecule has 3 amide bonds. The van der Waals surface area contributed by atoms with Crippen LogP contribution < -0.4 is 19.9 Å². The summed E-state index contributed by atoms with van der Waals surface area (Å²) in [5.74, 6) is -2.48. The van der Waals surface area contributed by atoms with Crippen molar-refractivity contribution in [2.75, 3.05) is 23.5 Å². The lowest BCUT2D eigenvalue weighted by molar-refractivity contribution is -0.135. The molecule has 0 spiro atoms. The number of nitrogens with one attached hydrogen (secondary N) is 1. The second-order valence-electron chi connectivity index (χ2n) is 10.6. The molecular weight excluding hydrogens is 561 g/mol. The molecule has 1 unspecified atom stereocenters. The Hall–Kier alpha value is -4.41. The number of amides is 3. The van der Waals surface area contributed by atoms with Crippen molar-refractivity contribution in [2.45, 2.75) is 63.0 Å². The second-order valence-corrected chi connectivity index (χ2v) is 10.6. The molecule has 228 valence electrons. The van der Waals surface area contributed by atoms with Crippen LogP contribution in [0.15, 0.2) is 66.9 Å². The minimum Gasteiger partial charge on any atom is -0.497 e. The number of nitrogens with zero attached hydrogens (tertiary/aromatic N) is 3. The highest BCUT2D eigenvalue weighted by molar-refractivity contribution is 5.98. The quantitative estimate of drug-likeness (QED) is 0.300. The zero-order chi connectivity index (χ0) is 31.0. The summed E-state index contributed by atoms with van der Waals surface area (Å²) in [6.07, 6.45) is 4.96. The zero-order valence-electron chi connectivity index (χ0n) is 24.1. The summed E-state index contributed by atoms with van der Waals surface area (Å²) < 4.78 is 45.3. The van der Waals surface area contributed by atoms with Gasteiger partial charge in [0.15, 0.2) is 5.54 Å². The normalized spacial score (nSPS) is 18.3. The van der Waals surface area contributed by atoms with Crippen LogP contribution in [0.1, 0.15) is 50.2 Å². The average Bonchev–Trinajstić information content (AvgIpc) is 3.38. The largest absolute Gasteiger partial charge is 0.497 e. The van der Waals surface area contributed by atoms with Gasteiger partial charge in [-0.25, -0.2) is 18.2 Å². The molecule has 2 aliphatic rings. The van der Waals surface area contributed by atoms with Crippen LogP contribution >= 0.6 is 0 Å². The number of ether oxygens (including phenoxy) is 1. The number of carbonyl (C=O) groups excluding carboxylic acids is 3. The molecule has 1 N–H and O–H groups in total. The summed E-state index contributed by atoms with van der Waals surface area (Å²) in [5.41, 5.74) is 0.368. The molecule has 1 heterocycles. The fourth-order valence-electron chi connectivity index (χ4n) is 5.49. The number of halogens is 3. The molecule has 1 saturated carbocycles. The summed E-state index contributed by atoms with van der Waals surface area (Å²) in [7, 11) is 1.59. The molecule has 43 heavy (non-hydrogen) atoms. The van der Waals surface area contributed by atoms with Gasteiger partial charge in [-0.2, -0.15) is 0 Å². The van der Waals surface area contributed by atoms with Gasteiger partial charge < -0.3 is 10.1 Å². The lowest BCUT2D eigenvalue weighted by Crippen LogP contribution is -2.60. The molecule has 0 bridgehead atoms.